The molecule has 0 bridgehead atoms. The van der Waals surface area contributed by atoms with Gasteiger partial charge in [-0.15, -0.1) is 0 Å². The van der Waals surface area contributed by atoms with Crippen molar-refractivity contribution in [3.63, 3.8) is 0 Å². The molecule has 2 aromatic rings. The first-order valence-corrected chi connectivity index (χ1v) is 10.7. The fourth-order valence-corrected chi connectivity index (χ4v) is 4.49. The van der Waals surface area contributed by atoms with Crippen LogP contribution in [0.5, 0.6) is 0 Å². The molecule has 3 N–H and O–H groups in total. The van der Waals surface area contributed by atoms with Crippen molar-refractivity contribution in [1.82, 2.24) is 10.2 Å². The molecular weight excluding hydrogens is 404 g/mol. The number of hydrogen-bond donors (Lipinski definition) is 3. The molecule has 4 atom stereocenters. The number of nitrogens with zero attached hydrogens (tertiary/aromatic N) is 2. The lowest BCUT2D eigenvalue weighted by molar-refractivity contribution is -0.0213. The predicted molar refractivity (Wildman–Crippen MR) is 114 cm³/mol. The van der Waals surface area contributed by atoms with E-state index in [1.54, 1.807) is 24.3 Å². The maximum absolute atomic E-state index is 13.2. The standard InChI is InChI=1S/C23H29F2N3O3/c24-17-3-1-16(2-4-17)13-26-14-20-22(23(30)21(15-29)31-20)28-11-9-27(10-12-28)19-7-5-18(25)6-8-19/h1-8,20-23,26,29-30H,9-15H2/t20-,21-,22-,23+/m0/s1. The van der Waals surface area contributed by atoms with Crippen LogP contribution in [0.15, 0.2) is 48.5 Å². The molecule has 2 aromatic carbocycles. The molecule has 0 aromatic heterocycles. The minimum Gasteiger partial charge on any atom is -0.394 e. The Morgan fingerprint density at radius 1 is 0.903 bits per heavy atom. The maximum Gasteiger partial charge on any atom is 0.123 e. The van der Waals surface area contributed by atoms with Crippen molar-refractivity contribution >= 4 is 5.69 Å². The number of rotatable bonds is 7. The summed E-state index contributed by atoms with van der Waals surface area (Å²) in [6.07, 6.45) is -1.66. The third kappa shape index (κ3) is 5.22. The Hall–Kier alpha value is -2.10. The van der Waals surface area contributed by atoms with Crippen LogP contribution in [0.2, 0.25) is 0 Å². The highest BCUT2D eigenvalue weighted by atomic mass is 19.1. The van der Waals surface area contributed by atoms with Crippen LogP contribution in [0.1, 0.15) is 5.56 Å². The summed E-state index contributed by atoms with van der Waals surface area (Å²) in [6.45, 7) is 3.81. The monoisotopic (exact) mass is 433 g/mol. The molecule has 0 spiro atoms. The van der Waals surface area contributed by atoms with Gasteiger partial charge < -0.3 is 25.2 Å². The first-order chi connectivity index (χ1) is 15.0. The van der Waals surface area contributed by atoms with Gasteiger partial charge in [0.05, 0.1) is 18.8 Å². The summed E-state index contributed by atoms with van der Waals surface area (Å²) >= 11 is 0. The van der Waals surface area contributed by atoms with E-state index in [1.165, 1.54) is 24.3 Å². The Kier molecular flexibility index (Phi) is 7.14. The predicted octanol–water partition coefficient (Wildman–Crippen LogP) is 1.37. The van der Waals surface area contributed by atoms with Crippen molar-refractivity contribution in [3.8, 4) is 0 Å². The molecule has 0 aliphatic carbocycles. The van der Waals surface area contributed by atoms with Crippen LogP contribution in [0, 0.1) is 11.6 Å². The van der Waals surface area contributed by atoms with E-state index in [0.717, 1.165) is 37.4 Å². The number of ether oxygens (including phenoxy) is 1. The number of aliphatic hydroxyl groups excluding tert-OH is 2. The molecule has 2 saturated heterocycles. The smallest absolute Gasteiger partial charge is 0.123 e. The first-order valence-electron chi connectivity index (χ1n) is 10.7. The summed E-state index contributed by atoms with van der Waals surface area (Å²) in [5.41, 5.74) is 1.94. The van der Waals surface area contributed by atoms with Crippen LogP contribution >= 0.6 is 0 Å². The highest BCUT2D eigenvalue weighted by molar-refractivity contribution is 5.46. The van der Waals surface area contributed by atoms with Gasteiger partial charge in [-0.05, 0) is 42.0 Å². The van der Waals surface area contributed by atoms with Crippen LogP contribution in [0.4, 0.5) is 14.5 Å². The van der Waals surface area contributed by atoms with E-state index >= 15 is 0 Å². The molecule has 2 heterocycles. The van der Waals surface area contributed by atoms with E-state index in [-0.39, 0.29) is 30.4 Å². The summed E-state index contributed by atoms with van der Waals surface area (Å²) in [7, 11) is 0. The molecule has 31 heavy (non-hydrogen) atoms. The molecule has 8 heteroatoms. The van der Waals surface area contributed by atoms with E-state index in [2.05, 4.69) is 15.1 Å². The Morgan fingerprint density at radius 2 is 1.52 bits per heavy atom. The summed E-state index contributed by atoms with van der Waals surface area (Å²) in [5.74, 6) is -0.517. The van der Waals surface area contributed by atoms with Crippen molar-refractivity contribution < 1.29 is 23.7 Å². The molecule has 0 radical (unpaired) electrons. The number of piperazine rings is 1. The largest absolute Gasteiger partial charge is 0.394 e. The zero-order valence-corrected chi connectivity index (χ0v) is 17.3. The van der Waals surface area contributed by atoms with Crippen LogP contribution in [0.3, 0.4) is 0 Å². The third-order valence-corrected chi connectivity index (χ3v) is 6.16. The van der Waals surface area contributed by atoms with Gasteiger partial charge in [-0.3, -0.25) is 4.90 Å². The van der Waals surface area contributed by atoms with Gasteiger partial charge in [-0.1, -0.05) is 12.1 Å². The van der Waals surface area contributed by atoms with Crippen LogP contribution in [-0.4, -0.2) is 78.8 Å². The second-order valence-electron chi connectivity index (χ2n) is 8.13. The number of halogens is 2. The second kappa shape index (κ2) is 10.0. The average molecular weight is 433 g/mol. The van der Waals surface area contributed by atoms with E-state index in [0.29, 0.717) is 13.1 Å². The molecule has 0 amide bonds. The Bertz CT molecular complexity index is 829. The molecule has 4 rings (SSSR count). The minimum absolute atomic E-state index is 0.228. The van der Waals surface area contributed by atoms with Crippen molar-refractivity contribution in [2.24, 2.45) is 0 Å². The van der Waals surface area contributed by atoms with Crippen LogP contribution < -0.4 is 10.2 Å². The van der Waals surface area contributed by atoms with E-state index in [9.17, 15) is 19.0 Å². The molecule has 6 nitrogen and oxygen atoms in total. The van der Waals surface area contributed by atoms with Gasteiger partial charge in [0, 0.05) is 45.0 Å². The summed E-state index contributed by atoms with van der Waals surface area (Å²) in [4.78, 5) is 4.41. The number of nitrogens with one attached hydrogen (secondary N) is 1. The van der Waals surface area contributed by atoms with Crippen molar-refractivity contribution in [3.05, 3.63) is 65.7 Å². The third-order valence-electron chi connectivity index (χ3n) is 6.16. The van der Waals surface area contributed by atoms with E-state index in [1.807, 2.05) is 0 Å². The fourth-order valence-electron chi connectivity index (χ4n) is 4.49. The molecule has 168 valence electrons. The minimum atomic E-state index is -0.778. The van der Waals surface area contributed by atoms with E-state index in [4.69, 9.17) is 4.74 Å². The normalized spacial score (nSPS) is 27.0. The summed E-state index contributed by atoms with van der Waals surface area (Å²) < 4.78 is 32.2. The van der Waals surface area contributed by atoms with E-state index < -0.39 is 12.2 Å². The van der Waals surface area contributed by atoms with Crippen LogP contribution in [-0.2, 0) is 11.3 Å². The lowest BCUT2D eigenvalue weighted by Gasteiger charge is -2.41. The number of anilines is 1. The number of hydrogen-bond acceptors (Lipinski definition) is 6. The summed E-state index contributed by atoms with van der Waals surface area (Å²) in [6, 6.07) is 12.6. The molecule has 0 saturated carbocycles. The lowest BCUT2D eigenvalue weighted by Crippen LogP contribution is -2.57. The van der Waals surface area contributed by atoms with Gasteiger partial charge >= 0.3 is 0 Å². The zero-order valence-electron chi connectivity index (χ0n) is 17.3. The van der Waals surface area contributed by atoms with Gasteiger partial charge in [0.15, 0.2) is 0 Å². The first kappa shape index (κ1) is 22.1. The Morgan fingerprint density at radius 3 is 2.13 bits per heavy atom. The van der Waals surface area contributed by atoms with Crippen molar-refractivity contribution in [1.29, 1.82) is 0 Å². The quantitative estimate of drug-likeness (QED) is 0.613. The van der Waals surface area contributed by atoms with Gasteiger partial charge in [0.2, 0.25) is 0 Å². The van der Waals surface area contributed by atoms with Crippen molar-refractivity contribution in [2.75, 3.05) is 44.2 Å². The highest BCUT2D eigenvalue weighted by Crippen LogP contribution is 2.27. The van der Waals surface area contributed by atoms with Gasteiger partial charge in [-0.2, -0.15) is 0 Å². The molecule has 2 aliphatic heterocycles. The second-order valence-corrected chi connectivity index (χ2v) is 8.13. The van der Waals surface area contributed by atoms with Gasteiger partial charge in [-0.25, -0.2) is 8.78 Å². The van der Waals surface area contributed by atoms with Gasteiger partial charge in [0.25, 0.3) is 0 Å². The fraction of sp³-hybridized carbons (Fsp3) is 0.478. The molecule has 0 unspecified atom stereocenters. The Balaban J connectivity index is 1.35. The van der Waals surface area contributed by atoms with Gasteiger partial charge in [0.1, 0.15) is 23.8 Å². The molecule has 2 fully saturated rings. The number of aliphatic hydroxyl groups is 2. The lowest BCUT2D eigenvalue weighted by atomic mass is 10.0. The SMILES string of the molecule is OC[C@@H]1O[C@@H](CNCc2ccc(F)cc2)[C@H](N2CCN(c3ccc(F)cc3)CC2)[C@@H]1O. The Labute approximate surface area is 181 Å². The summed E-state index contributed by atoms with van der Waals surface area (Å²) in [5, 5.41) is 23.7. The van der Waals surface area contributed by atoms with Crippen molar-refractivity contribution in [2.45, 2.75) is 30.9 Å². The molecular formula is C23H29F2N3O3. The van der Waals surface area contributed by atoms with Crippen LogP contribution in [0.25, 0.3) is 0 Å². The topological polar surface area (TPSA) is 68.2 Å². The average Bonchev–Trinajstić information content (AvgIpc) is 3.11. The maximum atomic E-state index is 13.2. The number of benzene rings is 2. The molecule has 2 aliphatic rings. The zero-order chi connectivity index (χ0) is 21.8. The highest BCUT2D eigenvalue weighted by Gasteiger charge is 2.46.